The van der Waals surface area contributed by atoms with Gasteiger partial charge in [0.05, 0.1) is 0 Å². The van der Waals surface area contributed by atoms with Gasteiger partial charge in [0.25, 0.3) is 0 Å². The van der Waals surface area contributed by atoms with Gasteiger partial charge < -0.3 is 5.73 Å². The van der Waals surface area contributed by atoms with Crippen molar-refractivity contribution in [2.75, 3.05) is 13.1 Å². The first kappa shape index (κ1) is 11.7. The Morgan fingerprint density at radius 2 is 2.14 bits per heavy atom. The molecule has 2 heteroatoms. The van der Waals surface area contributed by atoms with Crippen molar-refractivity contribution in [3.63, 3.8) is 0 Å². The summed E-state index contributed by atoms with van der Waals surface area (Å²) in [5.74, 6) is 0. The summed E-state index contributed by atoms with van der Waals surface area (Å²) >= 11 is 0. The van der Waals surface area contributed by atoms with Crippen LogP contribution in [-0.4, -0.2) is 29.6 Å². The van der Waals surface area contributed by atoms with Crippen molar-refractivity contribution in [2.24, 2.45) is 5.73 Å². The molecule has 0 bridgehead atoms. The number of hydrogen-bond acceptors (Lipinski definition) is 2. The number of rotatable bonds is 6. The fourth-order valence-electron chi connectivity index (χ4n) is 1.97. The van der Waals surface area contributed by atoms with Crippen LogP contribution >= 0.6 is 0 Å². The molecule has 0 aliphatic heterocycles. The van der Waals surface area contributed by atoms with Crippen molar-refractivity contribution in [3.8, 4) is 0 Å². The lowest BCUT2D eigenvalue weighted by Gasteiger charge is -2.40. The topological polar surface area (TPSA) is 29.3 Å². The molecule has 0 aromatic heterocycles. The van der Waals surface area contributed by atoms with E-state index < -0.39 is 0 Å². The highest BCUT2D eigenvalue weighted by molar-refractivity contribution is 4.93. The summed E-state index contributed by atoms with van der Waals surface area (Å²) in [6.45, 7) is 10.3. The van der Waals surface area contributed by atoms with Crippen molar-refractivity contribution >= 4 is 0 Å². The monoisotopic (exact) mass is 196 g/mol. The van der Waals surface area contributed by atoms with Crippen LogP contribution in [0, 0.1) is 0 Å². The maximum atomic E-state index is 6.19. The van der Waals surface area contributed by atoms with Crippen molar-refractivity contribution in [1.29, 1.82) is 0 Å². The zero-order chi connectivity index (χ0) is 10.6. The molecule has 1 rings (SSSR count). The van der Waals surface area contributed by atoms with Crippen LogP contribution in [0.2, 0.25) is 0 Å². The minimum Gasteiger partial charge on any atom is -0.325 e. The number of nitrogens with zero attached hydrogens (tertiary/aromatic N) is 1. The molecule has 14 heavy (non-hydrogen) atoms. The smallest absolute Gasteiger partial charge is 0.0166 e. The van der Waals surface area contributed by atoms with E-state index in [0.29, 0.717) is 6.04 Å². The predicted octanol–water partition coefficient (Wildman–Crippen LogP) is 2.15. The van der Waals surface area contributed by atoms with Crippen LogP contribution in [0.1, 0.15) is 39.5 Å². The molecule has 2 N–H and O–H groups in total. The molecule has 0 unspecified atom stereocenters. The second kappa shape index (κ2) is 4.94. The Hall–Kier alpha value is -0.340. The highest BCUT2D eigenvalue weighted by Crippen LogP contribution is 2.32. The molecule has 0 heterocycles. The maximum absolute atomic E-state index is 6.19. The summed E-state index contributed by atoms with van der Waals surface area (Å²) in [5, 5.41) is 0. The number of hydrogen-bond donors (Lipinski definition) is 1. The molecule has 1 aliphatic carbocycles. The molecule has 0 aromatic rings. The van der Waals surface area contributed by atoms with E-state index in [2.05, 4.69) is 25.3 Å². The lowest BCUT2D eigenvalue weighted by atomic mass is 9.75. The molecule has 0 aromatic carbocycles. The third kappa shape index (κ3) is 3.10. The van der Waals surface area contributed by atoms with Gasteiger partial charge >= 0.3 is 0 Å². The summed E-state index contributed by atoms with van der Waals surface area (Å²) in [7, 11) is 0. The Morgan fingerprint density at radius 1 is 1.50 bits per heavy atom. The van der Waals surface area contributed by atoms with Crippen molar-refractivity contribution in [3.05, 3.63) is 12.7 Å². The summed E-state index contributed by atoms with van der Waals surface area (Å²) in [6.07, 6.45) is 6.86. The van der Waals surface area contributed by atoms with Gasteiger partial charge in [-0.05, 0) is 39.5 Å². The quantitative estimate of drug-likeness (QED) is 0.660. The standard InChI is InChI=1S/C12H24N2/c1-4-9-14(11(2)3)10-8-12(13)6-5-7-12/h4,11H,1,5-10,13H2,2-3H3. The fraction of sp³-hybridized carbons (Fsp3) is 0.833. The SMILES string of the molecule is C=CCN(CCC1(N)CCC1)C(C)C. The van der Waals surface area contributed by atoms with Crippen LogP contribution in [0.3, 0.4) is 0 Å². The van der Waals surface area contributed by atoms with Crippen molar-refractivity contribution in [2.45, 2.75) is 51.1 Å². The Labute approximate surface area is 88.2 Å². The van der Waals surface area contributed by atoms with E-state index >= 15 is 0 Å². The third-order valence-corrected chi connectivity index (χ3v) is 3.34. The van der Waals surface area contributed by atoms with Gasteiger partial charge in [-0.25, -0.2) is 0 Å². The number of nitrogens with two attached hydrogens (primary N) is 1. The van der Waals surface area contributed by atoms with Gasteiger partial charge in [0.1, 0.15) is 0 Å². The summed E-state index contributed by atoms with van der Waals surface area (Å²) < 4.78 is 0. The largest absolute Gasteiger partial charge is 0.325 e. The first-order valence-electron chi connectivity index (χ1n) is 5.71. The van der Waals surface area contributed by atoms with Gasteiger partial charge in [0, 0.05) is 24.7 Å². The fourth-order valence-corrected chi connectivity index (χ4v) is 1.97. The lowest BCUT2D eigenvalue weighted by molar-refractivity contribution is 0.170. The van der Waals surface area contributed by atoms with E-state index in [1.165, 1.54) is 19.3 Å². The van der Waals surface area contributed by atoms with E-state index in [9.17, 15) is 0 Å². The van der Waals surface area contributed by atoms with Crippen molar-refractivity contribution < 1.29 is 0 Å². The first-order valence-corrected chi connectivity index (χ1v) is 5.71. The molecular formula is C12H24N2. The highest BCUT2D eigenvalue weighted by Gasteiger charge is 2.32. The first-order chi connectivity index (χ1) is 6.57. The Bertz CT molecular complexity index is 183. The molecule has 0 saturated heterocycles. The molecule has 2 nitrogen and oxygen atoms in total. The maximum Gasteiger partial charge on any atom is 0.0166 e. The molecule has 0 spiro atoms. The van der Waals surface area contributed by atoms with E-state index in [4.69, 9.17) is 5.73 Å². The lowest BCUT2D eigenvalue weighted by Crippen LogP contribution is -2.49. The highest BCUT2D eigenvalue weighted by atomic mass is 15.1. The van der Waals surface area contributed by atoms with Gasteiger partial charge in [-0.1, -0.05) is 6.08 Å². The Kier molecular flexibility index (Phi) is 4.14. The predicted molar refractivity (Wildman–Crippen MR) is 62.3 cm³/mol. The van der Waals surface area contributed by atoms with E-state index in [1.54, 1.807) is 0 Å². The van der Waals surface area contributed by atoms with E-state index in [1.807, 2.05) is 6.08 Å². The Balaban J connectivity index is 2.28. The zero-order valence-corrected chi connectivity index (χ0v) is 9.63. The van der Waals surface area contributed by atoms with Crippen LogP contribution < -0.4 is 5.73 Å². The van der Waals surface area contributed by atoms with Crippen LogP contribution in [0.25, 0.3) is 0 Å². The molecule has 1 saturated carbocycles. The van der Waals surface area contributed by atoms with Gasteiger partial charge in [-0.15, -0.1) is 6.58 Å². The molecule has 0 radical (unpaired) electrons. The normalized spacial score (nSPS) is 19.8. The van der Waals surface area contributed by atoms with Gasteiger partial charge in [0.15, 0.2) is 0 Å². The summed E-state index contributed by atoms with van der Waals surface area (Å²) in [5.41, 5.74) is 6.36. The molecule has 1 fully saturated rings. The van der Waals surface area contributed by atoms with Crippen LogP contribution in [0.15, 0.2) is 12.7 Å². The Morgan fingerprint density at radius 3 is 2.50 bits per heavy atom. The average Bonchev–Trinajstić information content (AvgIpc) is 2.08. The molecule has 82 valence electrons. The van der Waals surface area contributed by atoms with Crippen molar-refractivity contribution in [1.82, 2.24) is 4.90 Å². The minimum absolute atomic E-state index is 0.161. The van der Waals surface area contributed by atoms with Crippen LogP contribution in [0.4, 0.5) is 0 Å². The summed E-state index contributed by atoms with van der Waals surface area (Å²) in [6, 6.07) is 0.594. The van der Waals surface area contributed by atoms with Gasteiger partial charge in [0.2, 0.25) is 0 Å². The minimum atomic E-state index is 0.161. The molecule has 0 amide bonds. The molecular weight excluding hydrogens is 172 g/mol. The second-order valence-corrected chi connectivity index (χ2v) is 4.84. The van der Waals surface area contributed by atoms with Gasteiger partial charge in [-0.3, -0.25) is 4.90 Å². The third-order valence-electron chi connectivity index (χ3n) is 3.34. The summed E-state index contributed by atoms with van der Waals surface area (Å²) in [4.78, 5) is 2.43. The molecule has 0 atom stereocenters. The second-order valence-electron chi connectivity index (χ2n) is 4.84. The zero-order valence-electron chi connectivity index (χ0n) is 9.63. The van der Waals surface area contributed by atoms with Crippen LogP contribution in [-0.2, 0) is 0 Å². The van der Waals surface area contributed by atoms with E-state index in [-0.39, 0.29) is 5.54 Å². The van der Waals surface area contributed by atoms with Gasteiger partial charge in [-0.2, -0.15) is 0 Å². The molecule has 1 aliphatic rings. The van der Waals surface area contributed by atoms with Crippen LogP contribution in [0.5, 0.6) is 0 Å². The van der Waals surface area contributed by atoms with E-state index in [0.717, 1.165) is 19.5 Å². The average molecular weight is 196 g/mol.